The molecule has 14 aromatic rings. The molecular formula is C84H66BN5. The summed E-state index contributed by atoms with van der Waals surface area (Å²) in [5.74, 6) is 0. The van der Waals surface area contributed by atoms with Crippen molar-refractivity contribution in [1.29, 1.82) is 0 Å². The lowest BCUT2D eigenvalue weighted by Crippen LogP contribution is -2.61. The van der Waals surface area contributed by atoms with Gasteiger partial charge in [0, 0.05) is 91.7 Å². The minimum absolute atomic E-state index is 0.0778. The molecule has 0 unspecified atom stereocenters. The highest BCUT2D eigenvalue weighted by Crippen LogP contribution is 2.54. The summed E-state index contributed by atoms with van der Waals surface area (Å²) in [6.07, 6.45) is 7.71. The monoisotopic (exact) mass is 1160 g/mol. The molecule has 2 aliphatic rings. The van der Waals surface area contributed by atoms with E-state index in [1.807, 2.05) is 36.9 Å². The van der Waals surface area contributed by atoms with E-state index in [9.17, 15) is 0 Å². The van der Waals surface area contributed by atoms with E-state index in [4.69, 9.17) is 9.97 Å². The standard InChI is InChI=1S/C84H66BN5/c1-83(2,3)63-39-43-74-70(49-63)71-50-64(84(4,5)6)40-44-75(71)88(74)65-51-78-80-79(52-65)90(82-68(57-27-15-9-16-28-57)35-20-36-69(82)58-29-17-10-18-30-58)77-48-60(62-32-22-46-87-54-62)38-42-73(77)85(80)72-41-37-59(61-31-21-45-86-53-61)47-76(72)89(78)81-66(55-23-11-7-12-24-55)33-19-34-67(81)56-25-13-8-14-26-56/h7-54H,1-6H3. The topological polar surface area (TPSA) is 37.2 Å². The first kappa shape index (κ1) is 54.6. The molecule has 0 saturated carbocycles. The number of benzene rings is 11. The van der Waals surface area contributed by atoms with Crippen LogP contribution in [0.3, 0.4) is 0 Å². The second-order valence-corrected chi connectivity index (χ2v) is 26.2. The molecule has 0 bridgehead atoms. The molecule has 430 valence electrons. The molecule has 0 radical (unpaired) electrons. The lowest BCUT2D eigenvalue weighted by atomic mass is 9.33. The fraction of sp³-hybridized carbons (Fsp3) is 0.0952. The van der Waals surface area contributed by atoms with Crippen molar-refractivity contribution < 1.29 is 0 Å². The molecule has 5 nitrogen and oxygen atoms in total. The SMILES string of the molecule is CC(C)(C)c1ccc2c(c1)c1cc(C(C)(C)C)ccc1n2-c1cc2c3c(c1)N(c1c(-c4ccccc4)cccc1-c1ccccc1)c1cc(-c4cccnc4)ccc1B3c1ccc(-c3cccnc3)cc1N2c1c(-c2ccccc2)cccc1-c1ccccc1. The van der Waals surface area contributed by atoms with Gasteiger partial charge in [-0.25, -0.2) is 0 Å². The zero-order chi connectivity index (χ0) is 60.8. The highest BCUT2D eigenvalue weighted by Gasteiger charge is 2.46. The summed E-state index contributed by atoms with van der Waals surface area (Å²) in [7, 11) is 0. The second-order valence-electron chi connectivity index (χ2n) is 26.2. The molecule has 11 aromatic carbocycles. The number of hydrogen-bond acceptors (Lipinski definition) is 4. The number of aromatic nitrogens is 3. The zero-order valence-electron chi connectivity index (χ0n) is 51.5. The van der Waals surface area contributed by atoms with Crippen molar-refractivity contribution in [3.8, 4) is 72.4 Å². The molecule has 5 heterocycles. The number of rotatable bonds is 9. The van der Waals surface area contributed by atoms with Crippen LogP contribution < -0.4 is 26.2 Å². The predicted octanol–water partition coefficient (Wildman–Crippen LogP) is 20.3. The van der Waals surface area contributed by atoms with Gasteiger partial charge in [-0.1, -0.05) is 248 Å². The molecule has 0 N–H and O–H groups in total. The summed E-state index contributed by atoms with van der Waals surface area (Å²) < 4.78 is 2.57. The van der Waals surface area contributed by atoms with Gasteiger partial charge >= 0.3 is 0 Å². The Morgan fingerprint density at radius 3 is 1.02 bits per heavy atom. The van der Waals surface area contributed by atoms with Gasteiger partial charge in [-0.2, -0.15) is 0 Å². The third-order valence-electron chi connectivity index (χ3n) is 18.7. The quantitative estimate of drug-likeness (QED) is 0.135. The van der Waals surface area contributed by atoms with Crippen molar-refractivity contribution in [2.45, 2.75) is 52.4 Å². The summed E-state index contributed by atoms with van der Waals surface area (Å²) in [6.45, 7) is 13.7. The molecule has 90 heavy (non-hydrogen) atoms. The summed E-state index contributed by atoms with van der Waals surface area (Å²) in [4.78, 5) is 14.7. The lowest BCUT2D eigenvalue weighted by Gasteiger charge is -2.46. The normalized spacial score (nSPS) is 12.7. The maximum absolute atomic E-state index is 4.70. The van der Waals surface area contributed by atoms with E-state index in [0.717, 1.165) is 118 Å². The van der Waals surface area contributed by atoms with Crippen molar-refractivity contribution in [2.24, 2.45) is 0 Å². The Balaban J connectivity index is 1.12. The fourth-order valence-corrected chi connectivity index (χ4v) is 14.2. The highest BCUT2D eigenvalue weighted by molar-refractivity contribution is 7.00. The smallest absolute Gasteiger partial charge is 0.252 e. The van der Waals surface area contributed by atoms with Gasteiger partial charge < -0.3 is 14.4 Å². The maximum atomic E-state index is 4.70. The molecular weight excluding hydrogens is 1090 g/mol. The minimum Gasteiger partial charge on any atom is -0.310 e. The first-order valence-electron chi connectivity index (χ1n) is 31.4. The molecule has 0 aliphatic carbocycles. The molecule has 0 saturated heterocycles. The third kappa shape index (κ3) is 9.16. The number of anilines is 6. The van der Waals surface area contributed by atoms with Crippen LogP contribution in [0.5, 0.6) is 0 Å². The minimum atomic E-state index is -0.220. The van der Waals surface area contributed by atoms with E-state index in [2.05, 4.69) is 311 Å². The Labute approximate surface area is 528 Å². The van der Waals surface area contributed by atoms with E-state index in [1.165, 1.54) is 38.3 Å². The van der Waals surface area contributed by atoms with Gasteiger partial charge in [0.1, 0.15) is 0 Å². The van der Waals surface area contributed by atoms with Gasteiger partial charge in [-0.05, 0) is 132 Å². The Hall–Kier alpha value is -10.8. The van der Waals surface area contributed by atoms with Gasteiger partial charge in [-0.3, -0.25) is 9.97 Å². The van der Waals surface area contributed by atoms with Gasteiger partial charge in [0.25, 0.3) is 6.71 Å². The van der Waals surface area contributed by atoms with Crippen molar-refractivity contribution in [2.75, 3.05) is 9.80 Å². The lowest BCUT2D eigenvalue weighted by molar-refractivity contribution is 0.590. The van der Waals surface area contributed by atoms with Gasteiger partial charge in [0.15, 0.2) is 0 Å². The molecule has 0 amide bonds. The predicted molar refractivity (Wildman–Crippen MR) is 380 cm³/mol. The summed E-state index contributed by atoms with van der Waals surface area (Å²) in [5.41, 5.74) is 29.4. The molecule has 16 rings (SSSR count). The zero-order valence-corrected chi connectivity index (χ0v) is 51.5. The van der Waals surface area contributed by atoms with Gasteiger partial charge in [-0.15, -0.1) is 0 Å². The summed E-state index contributed by atoms with van der Waals surface area (Å²) in [6, 6.07) is 99.9. The Morgan fingerprint density at radius 2 is 0.678 bits per heavy atom. The largest absolute Gasteiger partial charge is 0.310 e. The van der Waals surface area contributed by atoms with E-state index in [1.54, 1.807) is 0 Å². The average Bonchev–Trinajstić information content (AvgIpc) is 0.770. The first-order chi connectivity index (χ1) is 43.9. The van der Waals surface area contributed by atoms with Crippen LogP contribution in [0.4, 0.5) is 34.1 Å². The maximum Gasteiger partial charge on any atom is 0.252 e. The van der Waals surface area contributed by atoms with Crippen LogP contribution in [-0.4, -0.2) is 21.2 Å². The van der Waals surface area contributed by atoms with Crippen LogP contribution in [-0.2, 0) is 10.8 Å². The third-order valence-corrected chi connectivity index (χ3v) is 18.7. The van der Waals surface area contributed by atoms with Crippen LogP contribution >= 0.6 is 0 Å². The highest BCUT2D eigenvalue weighted by atomic mass is 15.2. The summed E-state index contributed by atoms with van der Waals surface area (Å²) >= 11 is 0. The van der Waals surface area contributed by atoms with Crippen LogP contribution in [0.2, 0.25) is 0 Å². The number of para-hydroxylation sites is 2. The van der Waals surface area contributed by atoms with E-state index in [-0.39, 0.29) is 17.5 Å². The number of fused-ring (bicyclic) bond motifs is 7. The molecule has 2 aliphatic heterocycles. The number of nitrogens with zero attached hydrogens (tertiary/aromatic N) is 5. The van der Waals surface area contributed by atoms with Crippen LogP contribution in [0.1, 0.15) is 52.7 Å². The number of pyridine rings is 2. The average molecular weight is 1160 g/mol. The Kier molecular flexibility index (Phi) is 13.0. The van der Waals surface area contributed by atoms with E-state index < -0.39 is 0 Å². The fourth-order valence-electron chi connectivity index (χ4n) is 14.2. The van der Waals surface area contributed by atoms with Crippen molar-refractivity contribution in [3.05, 3.63) is 303 Å². The number of hydrogen-bond donors (Lipinski definition) is 0. The Morgan fingerprint density at radius 1 is 0.311 bits per heavy atom. The second kappa shape index (κ2) is 21.5. The molecule has 0 fully saturated rings. The molecule has 3 aromatic heterocycles. The van der Waals surface area contributed by atoms with Gasteiger partial charge in [0.05, 0.1) is 28.1 Å². The van der Waals surface area contributed by atoms with Crippen LogP contribution in [0, 0.1) is 0 Å². The Bertz CT molecular complexity index is 4640. The molecule has 6 heteroatoms. The van der Waals surface area contributed by atoms with Crippen LogP contribution in [0.15, 0.2) is 292 Å². The van der Waals surface area contributed by atoms with Crippen molar-refractivity contribution in [3.63, 3.8) is 0 Å². The van der Waals surface area contributed by atoms with E-state index in [0.29, 0.717) is 0 Å². The summed E-state index contributed by atoms with van der Waals surface area (Å²) in [5, 5.41) is 2.47. The van der Waals surface area contributed by atoms with E-state index >= 15 is 0 Å². The van der Waals surface area contributed by atoms with Crippen LogP contribution in [0.25, 0.3) is 94.3 Å². The molecule has 0 atom stereocenters. The molecule has 0 spiro atoms. The first-order valence-corrected chi connectivity index (χ1v) is 31.4. The van der Waals surface area contributed by atoms with Gasteiger partial charge in [0.2, 0.25) is 0 Å². The van der Waals surface area contributed by atoms with Crippen molar-refractivity contribution >= 4 is 79.0 Å². The van der Waals surface area contributed by atoms with Crippen molar-refractivity contribution in [1.82, 2.24) is 14.5 Å².